The number of benzene rings is 8. The van der Waals surface area contributed by atoms with Crippen LogP contribution in [-0.4, -0.2) is 14.1 Å². The van der Waals surface area contributed by atoms with Crippen molar-refractivity contribution in [2.45, 2.75) is 85.0 Å². The van der Waals surface area contributed by atoms with Gasteiger partial charge in [-0.25, -0.2) is 4.98 Å². The van der Waals surface area contributed by atoms with E-state index < -0.39 is 18.1 Å². The molecular weight excluding hydrogens is 1070 g/mol. The summed E-state index contributed by atoms with van der Waals surface area (Å²) >= 11 is 0. The number of aromatic nitrogens is 4. The summed E-state index contributed by atoms with van der Waals surface area (Å²) in [7, 11) is 0. The number of aryl methyl sites for hydroxylation is 1. The van der Waals surface area contributed by atoms with Gasteiger partial charge in [0.25, 0.3) is 6.33 Å². The second-order valence-corrected chi connectivity index (χ2v) is 21.6. The van der Waals surface area contributed by atoms with E-state index in [1.54, 1.807) is 0 Å². The minimum Gasteiger partial charge on any atom is -0.510 e. The topological polar surface area (TPSA) is 35.9 Å². The van der Waals surface area contributed by atoms with Crippen LogP contribution in [0.1, 0.15) is 90.1 Å². The third-order valence-corrected chi connectivity index (χ3v) is 13.9. The number of hydrogen-bond donors (Lipinski definition) is 0. The van der Waals surface area contributed by atoms with Crippen LogP contribution in [0.25, 0.3) is 72.3 Å². The third kappa shape index (κ3) is 9.48. The summed E-state index contributed by atoms with van der Waals surface area (Å²) in [4.78, 5) is 4.94. The van der Waals surface area contributed by atoms with Crippen LogP contribution in [0.2, 0.25) is 0 Å². The maximum atomic E-state index is 9.27. The van der Waals surface area contributed by atoms with Crippen molar-refractivity contribution >= 4 is 32.8 Å². The second-order valence-electron chi connectivity index (χ2n) is 21.6. The predicted molar refractivity (Wildman–Crippen MR) is 296 cm³/mol. The van der Waals surface area contributed by atoms with Crippen LogP contribution in [0.3, 0.4) is 0 Å². The molecule has 0 N–H and O–H groups in total. The van der Waals surface area contributed by atoms with E-state index in [1.807, 2.05) is 82.9 Å². The summed E-state index contributed by atoms with van der Waals surface area (Å²) < 4.78 is 57.4. The zero-order valence-corrected chi connectivity index (χ0v) is 45.0. The van der Waals surface area contributed by atoms with Gasteiger partial charge in [-0.3, -0.25) is 4.57 Å². The molecule has 3 aromatic heterocycles. The Balaban J connectivity index is 0.00000688. The van der Waals surface area contributed by atoms with Gasteiger partial charge in [0.1, 0.15) is 5.82 Å². The summed E-state index contributed by atoms with van der Waals surface area (Å²) in [5.74, 6) is 1.77. The average molecular weight is 1140 g/mol. The maximum Gasteiger partial charge on any atom is 0.268 e. The molecule has 73 heavy (non-hydrogen) atoms. The van der Waals surface area contributed by atoms with Gasteiger partial charge in [-0.05, 0) is 109 Å². The minimum atomic E-state index is -0.445. The Morgan fingerprint density at radius 1 is 0.603 bits per heavy atom. The molecule has 6 heteroatoms. The quantitative estimate of drug-likeness (QED) is 0.101. The van der Waals surface area contributed by atoms with Crippen molar-refractivity contribution < 1.29 is 37.2 Å². The van der Waals surface area contributed by atoms with Crippen molar-refractivity contribution in [3.8, 4) is 50.9 Å². The first-order valence-corrected chi connectivity index (χ1v) is 24.7. The summed E-state index contributed by atoms with van der Waals surface area (Å²) in [5.41, 5.74) is 12.3. The molecule has 0 aliphatic carbocycles. The van der Waals surface area contributed by atoms with Gasteiger partial charge >= 0.3 is 0 Å². The van der Waals surface area contributed by atoms with Crippen molar-refractivity contribution in [2.24, 2.45) is 0 Å². The third-order valence-electron chi connectivity index (χ3n) is 13.9. The van der Waals surface area contributed by atoms with Crippen molar-refractivity contribution in [2.75, 3.05) is 0 Å². The molecule has 0 unspecified atom stereocenters. The van der Waals surface area contributed by atoms with E-state index in [2.05, 4.69) is 169 Å². The van der Waals surface area contributed by atoms with Gasteiger partial charge in [0.2, 0.25) is 0 Å². The van der Waals surface area contributed by atoms with Gasteiger partial charge < -0.3 is 13.9 Å². The smallest absolute Gasteiger partial charge is 0.268 e. The standard InChI is InChI=1S/C67H60N4O.Pt/c1-45-21-18-32-60-63(45)70(64-55(47-22-12-10-13-23-47)29-20-30-56(64)48-38-50(65(2,3)4)40-51(39-48)66(5,6)7)44-69(60)52-26-19-27-53(41-52)72-54-33-34-58-57-28-16-17-31-59(57)71(61(58)42-54)62-37-46(35-36-68-62)43-67(8,9)49-24-14-11-15-25-49;/h10-40H,43H2,1-9H3;/q-2;/i10D,12D,13D,22D,23D;. The van der Waals surface area contributed by atoms with Gasteiger partial charge in [0.15, 0.2) is 0 Å². The molecule has 0 bridgehead atoms. The molecule has 0 saturated carbocycles. The first-order valence-electron chi connectivity index (χ1n) is 27.2. The Morgan fingerprint density at radius 3 is 2.00 bits per heavy atom. The van der Waals surface area contributed by atoms with E-state index in [1.165, 1.54) is 11.1 Å². The zero-order chi connectivity index (χ0) is 54.3. The van der Waals surface area contributed by atoms with Gasteiger partial charge in [0.05, 0.1) is 23.6 Å². The van der Waals surface area contributed by atoms with E-state index in [0.29, 0.717) is 28.4 Å². The van der Waals surface area contributed by atoms with E-state index in [-0.39, 0.29) is 55.0 Å². The summed E-state index contributed by atoms with van der Waals surface area (Å²) in [5, 5.41) is 2.11. The van der Waals surface area contributed by atoms with Crippen LogP contribution < -0.4 is 9.30 Å². The molecule has 11 rings (SSSR count). The van der Waals surface area contributed by atoms with Gasteiger partial charge in [-0.1, -0.05) is 194 Å². The van der Waals surface area contributed by atoms with Crippen LogP contribution in [-0.2, 0) is 43.7 Å². The van der Waals surface area contributed by atoms with Crippen molar-refractivity contribution in [3.63, 3.8) is 0 Å². The first kappa shape index (κ1) is 43.3. The van der Waals surface area contributed by atoms with Crippen LogP contribution in [0.5, 0.6) is 11.5 Å². The summed E-state index contributed by atoms with van der Waals surface area (Å²) in [6, 6.07) is 57.1. The normalized spacial score (nSPS) is 13.1. The average Bonchev–Trinajstić information content (AvgIpc) is 3.96. The molecule has 0 fully saturated rings. The number of nitrogens with zero attached hydrogens (tertiary/aromatic N) is 4. The molecule has 11 aromatic rings. The molecule has 366 valence electrons. The van der Waals surface area contributed by atoms with Crippen LogP contribution >= 0.6 is 0 Å². The van der Waals surface area contributed by atoms with E-state index in [0.717, 1.165) is 72.9 Å². The second kappa shape index (κ2) is 19.3. The summed E-state index contributed by atoms with van der Waals surface area (Å²) in [6.07, 6.45) is 6.43. The molecule has 0 atom stereocenters. The fraction of sp³-hybridized carbons (Fsp3) is 0.194. The van der Waals surface area contributed by atoms with Gasteiger partial charge in [-0.2, -0.15) is 18.2 Å². The Morgan fingerprint density at radius 2 is 1.26 bits per heavy atom. The number of fused-ring (bicyclic) bond motifs is 4. The zero-order valence-electron chi connectivity index (χ0n) is 47.7. The van der Waals surface area contributed by atoms with Gasteiger partial charge in [-0.15, -0.1) is 29.7 Å². The molecule has 0 radical (unpaired) electrons. The molecule has 0 saturated heterocycles. The molecule has 0 spiro atoms. The minimum absolute atomic E-state index is 0. The van der Waals surface area contributed by atoms with Crippen LogP contribution in [0.15, 0.2) is 188 Å². The number of hydrogen-bond acceptors (Lipinski definition) is 2. The van der Waals surface area contributed by atoms with E-state index >= 15 is 0 Å². The molecular formula is C67H60N4OPt-2. The van der Waals surface area contributed by atoms with Crippen molar-refractivity contribution in [1.82, 2.24) is 14.1 Å². The Hall–Kier alpha value is -7.33. The number of para-hydroxylation sites is 3. The van der Waals surface area contributed by atoms with Crippen LogP contribution in [0.4, 0.5) is 0 Å². The molecule has 0 aliphatic heterocycles. The maximum absolute atomic E-state index is 9.27. The predicted octanol–water partition coefficient (Wildman–Crippen LogP) is 16.3. The van der Waals surface area contributed by atoms with Crippen molar-refractivity contribution in [3.05, 3.63) is 234 Å². The van der Waals surface area contributed by atoms with Crippen LogP contribution in [0, 0.1) is 25.4 Å². The largest absolute Gasteiger partial charge is 0.510 e. The molecule has 0 amide bonds. The molecule has 8 aromatic carbocycles. The van der Waals surface area contributed by atoms with E-state index in [4.69, 9.17) is 13.8 Å². The molecule has 5 nitrogen and oxygen atoms in total. The summed E-state index contributed by atoms with van der Waals surface area (Å²) in [6.45, 7) is 19.8. The molecule has 0 aliphatic rings. The fourth-order valence-corrected chi connectivity index (χ4v) is 10.0. The number of pyridine rings is 1. The SMILES string of the molecule is [2H]c1c([2H])c([2H])c(-c2cccc(-c3cc(C(C)(C)C)cc(C(C)(C)C)c3)c2-[n+]2[c-]n(-c3[c-]c(Oc4[c-]c5c(cc4)c4ccccc4n5-c4cc(CC(C)(C)c5ccccc5)ccn4)ccc3)c3cccc(C)c32)c([2H])c1[2H].[Pt]. The first-order chi connectivity index (χ1) is 36.7. The Labute approximate surface area is 452 Å². The Bertz CT molecular complexity index is 4070. The Kier molecular flexibility index (Phi) is 11.4. The number of ether oxygens (including phenoxy) is 1. The van der Waals surface area contributed by atoms with Crippen molar-refractivity contribution in [1.29, 1.82) is 0 Å². The fourth-order valence-electron chi connectivity index (χ4n) is 10.0. The number of imidazole rings is 1. The monoisotopic (exact) mass is 1140 g/mol. The number of rotatable bonds is 10. The van der Waals surface area contributed by atoms with E-state index in [9.17, 15) is 2.74 Å². The molecule has 3 heterocycles. The van der Waals surface area contributed by atoms with Gasteiger partial charge in [0, 0.05) is 44.3 Å².